The van der Waals surface area contributed by atoms with E-state index in [2.05, 4.69) is 29.2 Å². The largest absolute Gasteiger partial charge is 0.381 e. The summed E-state index contributed by atoms with van der Waals surface area (Å²) in [6.07, 6.45) is 7.45. The number of aryl methyl sites for hydroxylation is 1. The van der Waals surface area contributed by atoms with Crippen LogP contribution in [0.15, 0.2) is 24.7 Å². The minimum absolute atomic E-state index is 0.275. The van der Waals surface area contributed by atoms with Gasteiger partial charge in [0.25, 0.3) is 0 Å². The van der Waals surface area contributed by atoms with Crippen molar-refractivity contribution in [1.29, 1.82) is 0 Å². The molecule has 0 aliphatic carbocycles. The Morgan fingerprint density at radius 1 is 1.45 bits per heavy atom. The third-order valence-corrected chi connectivity index (χ3v) is 2.93. The summed E-state index contributed by atoms with van der Waals surface area (Å²) in [5.74, 6) is 0. The molecule has 20 heavy (non-hydrogen) atoms. The van der Waals surface area contributed by atoms with Crippen molar-refractivity contribution in [3.63, 3.8) is 0 Å². The van der Waals surface area contributed by atoms with Crippen molar-refractivity contribution in [3.05, 3.63) is 35.4 Å². The van der Waals surface area contributed by atoms with Gasteiger partial charge in [-0.15, -0.1) is 0 Å². The average molecular weight is 293 g/mol. The fourth-order valence-corrected chi connectivity index (χ4v) is 2.04. The molecule has 0 aliphatic heterocycles. The number of aldehydes is 1. The molecule has 5 nitrogen and oxygen atoms in total. The van der Waals surface area contributed by atoms with Gasteiger partial charge in [0.2, 0.25) is 0 Å². The highest BCUT2D eigenvalue weighted by Crippen LogP contribution is 2.23. The van der Waals surface area contributed by atoms with E-state index < -0.39 is 0 Å². The Hall–Kier alpha value is -1.88. The molecule has 0 amide bonds. The standard InChI is InChI=1S/C14H17ClN4O/c1-10(2)18-12-6-14(15)16-8-13(12)19-9-11(7-17-19)4-3-5-20/h5-10H,3-4H2,1-2H3,(H,16,18). The zero-order valence-electron chi connectivity index (χ0n) is 11.5. The Morgan fingerprint density at radius 2 is 2.25 bits per heavy atom. The molecule has 2 aromatic heterocycles. The number of hydrogen-bond acceptors (Lipinski definition) is 4. The van der Waals surface area contributed by atoms with E-state index in [0.717, 1.165) is 23.2 Å². The van der Waals surface area contributed by atoms with Gasteiger partial charge in [-0.05, 0) is 25.8 Å². The molecule has 2 aromatic rings. The van der Waals surface area contributed by atoms with E-state index in [1.165, 1.54) is 0 Å². The topological polar surface area (TPSA) is 59.8 Å². The number of halogens is 1. The van der Waals surface area contributed by atoms with Crippen molar-refractivity contribution in [2.75, 3.05) is 5.32 Å². The van der Waals surface area contributed by atoms with Crippen LogP contribution in [0.2, 0.25) is 5.15 Å². The Labute approximate surface area is 123 Å². The van der Waals surface area contributed by atoms with E-state index in [0.29, 0.717) is 18.0 Å². The number of rotatable bonds is 6. The lowest BCUT2D eigenvalue weighted by Crippen LogP contribution is -2.12. The quantitative estimate of drug-likeness (QED) is 0.657. The number of anilines is 1. The first-order chi connectivity index (χ1) is 9.60. The van der Waals surface area contributed by atoms with E-state index in [9.17, 15) is 4.79 Å². The van der Waals surface area contributed by atoms with Crippen LogP contribution in [-0.2, 0) is 11.2 Å². The van der Waals surface area contributed by atoms with Crippen molar-refractivity contribution < 1.29 is 4.79 Å². The molecule has 1 N–H and O–H groups in total. The van der Waals surface area contributed by atoms with E-state index in [1.807, 2.05) is 6.20 Å². The van der Waals surface area contributed by atoms with Crippen LogP contribution in [0.4, 0.5) is 5.69 Å². The molecule has 2 heterocycles. The van der Waals surface area contributed by atoms with Crippen molar-refractivity contribution in [3.8, 4) is 5.69 Å². The predicted octanol–water partition coefficient (Wildman–Crippen LogP) is 2.87. The molecule has 0 spiro atoms. The Balaban J connectivity index is 2.31. The second-order valence-corrected chi connectivity index (χ2v) is 5.21. The van der Waals surface area contributed by atoms with Gasteiger partial charge in [-0.3, -0.25) is 0 Å². The molecule has 6 heteroatoms. The maximum atomic E-state index is 10.4. The summed E-state index contributed by atoms with van der Waals surface area (Å²) in [7, 11) is 0. The molecule has 2 rings (SSSR count). The summed E-state index contributed by atoms with van der Waals surface area (Å²) in [6, 6.07) is 2.06. The Morgan fingerprint density at radius 3 is 2.95 bits per heavy atom. The van der Waals surface area contributed by atoms with Gasteiger partial charge in [-0.2, -0.15) is 5.10 Å². The molecule has 0 aromatic carbocycles. The molecule has 0 aliphatic rings. The number of carbonyl (C=O) groups is 1. The van der Waals surface area contributed by atoms with Crippen molar-refractivity contribution in [1.82, 2.24) is 14.8 Å². The monoisotopic (exact) mass is 292 g/mol. The highest BCUT2D eigenvalue weighted by atomic mass is 35.5. The van der Waals surface area contributed by atoms with E-state index >= 15 is 0 Å². The third kappa shape index (κ3) is 3.57. The summed E-state index contributed by atoms with van der Waals surface area (Å²) in [5, 5.41) is 8.07. The van der Waals surface area contributed by atoms with Crippen molar-refractivity contribution in [2.45, 2.75) is 32.7 Å². The summed E-state index contributed by atoms with van der Waals surface area (Å²) in [5.41, 5.74) is 2.73. The molecule has 0 fully saturated rings. The maximum absolute atomic E-state index is 10.4. The molecule has 0 atom stereocenters. The van der Waals surface area contributed by atoms with Crippen LogP contribution in [0.3, 0.4) is 0 Å². The number of aromatic nitrogens is 3. The van der Waals surface area contributed by atoms with Crippen LogP contribution >= 0.6 is 11.6 Å². The molecule has 106 valence electrons. The zero-order chi connectivity index (χ0) is 14.5. The van der Waals surface area contributed by atoms with Gasteiger partial charge in [0.15, 0.2) is 0 Å². The van der Waals surface area contributed by atoms with Gasteiger partial charge >= 0.3 is 0 Å². The molecular weight excluding hydrogens is 276 g/mol. The maximum Gasteiger partial charge on any atom is 0.131 e. The van der Waals surface area contributed by atoms with Crippen molar-refractivity contribution >= 4 is 23.6 Å². The molecule has 0 saturated heterocycles. The first-order valence-electron chi connectivity index (χ1n) is 6.50. The molecule has 0 radical (unpaired) electrons. The number of pyridine rings is 1. The lowest BCUT2D eigenvalue weighted by molar-refractivity contribution is -0.107. The average Bonchev–Trinajstić information content (AvgIpc) is 2.84. The fourth-order valence-electron chi connectivity index (χ4n) is 1.88. The summed E-state index contributed by atoms with van der Waals surface area (Å²) >= 11 is 5.94. The normalized spacial score (nSPS) is 10.8. The van der Waals surface area contributed by atoms with E-state index in [-0.39, 0.29) is 6.04 Å². The highest BCUT2D eigenvalue weighted by molar-refractivity contribution is 6.29. The van der Waals surface area contributed by atoms with Gasteiger partial charge < -0.3 is 10.1 Å². The molecule has 0 saturated carbocycles. The van der Waals surface area contributed by atoms with Crippen LogP contribution in [0.25, 0.3) is 5.69 Å². The van der Waals surface area contributed by atoms with Crippen LogP contribution in [-0.4, -0.2) is 27.1 Å². The first-order valence-corrected chi connectivity index (χ1v) is 6.87. The molecule has 0 unspecified atom stereocenters. The molecular formula is C14H17ClN4O. The minimum atomic E-state index is 0.275. The van der Waals surface area contributed by atoms with Crippen molar-refractivity contribution in [2.24, 2.45) is 0 Å². The smallest absolute Gasteiger partial charge is 0.131 e. The van der Waals surface area contributed by atoms with Gasteiger partial charge in [0.1, 0.15) is 17.1 Å². The lowest BCUT2D eigenvalue weighted by atomic mass is 10.2. The third-order valence-electron chi connectivity index (χ3n) is 2.73. The summed E-state index contributed by atoms with van der Waals surface area (Å²) in [6.45, 7) is 4.10. The van der Waals surface area contributed by atoms with Crippen LogP contribution in [0, 0.1) is 0 Å². The summed E-state index contributed by atoms with van der Waals surface area (Å²) in [4.78, 5) is 14.5. The predicted molar refractivity (Wildman–Crippen MR) is 79.5 cm³/mol. The van der Waals surface area contributed by atoms with E-state index in [4.69, 9.17) is 11.6 Å². The first kappa shape index (κ1) is 14.5. The SMILES string of the molecule is CC(C)Nc1cc(Cl)ncc1-n1cc(CCC=O)cn1. The second-order valence-electron chi connectivity index (χ2n) is 4.82. The lowest BCUT2D eigenvalue weighted by Gasteiger charge is -2.14. The van der Waals surface area contributed by atoms with Gasteiger partial charge in [-0.25, -0.2) is 9.67 Å². The minimum Gasteiger partial charge on any atom is -0.381 e. The number of hydrogen-bond donors (Lipinski definition) is 1. The summed E-state index contributed by atoms with van der Waals surface area (Å²) < 4.78 is 1.74. The van der Waals surface area contributed by atoms with Crippen LogP contribution in [0.5, 0.6) is 0 Å². The van der Waals surface area contributed by atoms with Crippen LogP contribution < -0.4 is 5.32 Å². The number of carbonyl (C=O) groups excluding carboxylic acids is 1. The highest BCUT2D eigenvalue weighted by Gasteiger charge is 2.09. The Bertz CT molecular complexity index is 595. The number of nitrogens with zero attached hydrogens (tertiary/aromatic N) is 3. The molecule has 0 bridgehead atoms. The van der Waals surface area contributed by atoms with E-state index in [1.54, 1.807) is 23.1 Å². The Kier molecular flexibility index (Phi) is 4.74. The van der Waals surface area contributed by atoms with Gasteiger partial charge in [0, 0.05) is 24.7 Å². The zero-order valence-corrected chi connectivity index (χ0v) is 12.3. The second kappa shape index (κ2) is 6.52. The fraction of sp³-hybridized carbons (Fsp3) is 0.357. The number of nitrogens with one attached hydrogen (secondary N) is 1. The van der Waals surface area contributed by atoms with Gasteiger partial charge in [-0.1, -0.05) is 11.6 Å². The van der Waals surface area contributed by atoms with Crippen LogP contribution in [0.1, 0.15) is 25.8 Å². The van der Waals surface area contributed by atoms with Gasteiger partial charge in [0.05, 0.1) is 18.1 Å².